The third-order valence-corrected chi connectivity index (χ3v) is 5.79. The molecule has 1 aromatic carbocycles. The third kappa shape index (κ3) is 3.88. The molecular formula is C14H22ClN3O2S. The van der Waals surface area contributed by atoms with E-state index in [4.69, 9.17) is 17.3 Å². The van der Waals surface area contributed by atoms with Crippen LogP contribution >= 0.6 is 11.6 Å². The van der Waals surface area contributed by atoms with E-state index in [0.29, 0.717) is 24.7 Å². The number of piperazine rings is 1. The van der Waals surface area contributed by atoms with Crippen LogP contribution in [0.2, 0.25) is 5.02 Å². The van der Waals surface area contributed by atoms with Gasteiger partial charge in [-0.15, -0.1) is 0 Å². The average molecular weight is 332 g/mol. The number of halogens is 1. The van der Waals surface area contributed by atoms with Crippen molar-refractivity contribution >= 4 is 27.3 Å². The normalized spacial score (nSPS) is 18.3. The van der Waals surface area contributed by atoms with Gasteiger partial charge in [0.15, 0.2) is 0 Å². The Labute approximate surface area is 131 Å². The molecule has 0 bridgehead atoms. The summed E-state index contributed by atoms with van der Waals surface area (Å²) >= 11 is 5.92. The molecule has 7 heteroatoms. The second kappa shape index (κ2) is 6.52. The van der Waals surface area contributed by atoms with E-state index in [-0.39, 0.29) is 9.92 Å². The van der Waals surface area contributed by atoms with E-state index in [2.05, 4.69) is 18.7 Å². The Kier molecular flexibility index (Phi) is 5.14. The predicted octanol–water partition coefficient (Wildman–Crippen LogP) is 1.88. The van der Waals surface area contributed by atoms with Gasteiger partial charge in [-0.2, -0.15) is 4.31 Å². The van der Waals surface area contributed by atoms with Crippen molar-refractivity contribution in [1.29, 1.82) is 0 Å². The van der Waals surface area contributed by atoms with Crippen molar-refractivity contribution in [3.63, 3.8) is 0 Å². The monoisotopic (exact) mass is 331 g/mol. The second-order valence-corrected chi connectivity index (χ2v) is 8.13. The molecule has 21 heavy (non-hydrogen) atoms. The van der Waals surface area contributed by atoms with Crippen molar-refractivity contribution in [1.82, 2.24) is 9.21 Å². The standard InChI is InChI=1S/C14H22ClN3O2S/c1-11(2)10-17-5-7-18(8-6-17)21(19,20)12-3-4-14(16)13(15)9-12/h3-4,9,11H,5-8,10,16H2,1-2H3. The number of benzene rings is 1. The first-order chi connectivity index (χ1) is 9.80. The van der Waals surface area contributed by atoms with Gasteiger partial charge in [-0.05, 0) is 24.1 Å². The van der Waals surface area contributed by atoms with Crippen molar-refractivity contribution in [3.8, 4) is 0 Å². The zero-order chi connectivity index (χ0) is 15.6. The van der Waals surface area contributed by atoms with Gasteiger partial charge in [-0.25, -0.2) is 8.42 Å². The van der Waals surface area contributed by atoms with Gasteiger partial charge in [0.2, 0.25) is 10.0 Å². The van der Waals surface area contributed by atoms with Crippen LogP contribution in [0.4, 0.5) is 5.69 Å². The number of nitrogen functional groups attached to an aromatic ring is 1. The number of rotatable bonds is 4. The van der Waals surface area contributed by atoms with Crippen LogP contribution < -0.4 is 5.73 Å². The van der Waals surface area contributed by atoms with E-state index in [9.17, 15) is 8.42 Å². The summed E-state index contributed by atoms with van der Waals surface area (Å²) in [6.07, 6.45) is 0. The van der Waals surface area contributed by atoms with Gasteiger partial charge >= 0.3 is 0 Å². The first-order valence-electron chi connectivity index (χ1n) is 7.08. The number of hydrogen-bond donors (Lipinski definition) is 1. The van der Waals surface area contributed by atoms with Crippen LogP contribution in [-0.2, 0) is 10.0 Å². The van der Waals surface area contributed by atoms with Crippen LogP contribution in [0.1, 0.15) is 13.8 Å². The zero-order valence-electron chi connectivity index (χ0n) is 12.4. The summed E-state index contributed by atoms with van der Waals surface area (Å²) < 4.78 is 26.7. The van der Waals surface area contributed by atoms with Crippen molar-refractivity contribution < 1.29 is 8.42 Å². The van der Waals surface area contributed by atoms with Crippen LogP contribution in [0.5, 0.6) is 0 Å². The van der Waals surface area contributed by atoms with Crippen LogP contribution in [0, 0.1) is 5.92 Å². The Morgan fingerprint density at radius 1 is 1.24 bits per heavy atom. The lowest BCUT2D eigenvalue weighted by Crippen LogP contribution is -2.49. The van der Waals surface area contributed by atoms with E-state index in [0.717, 1.165) is 19.6 Å². The molecule has 2 N–H and O–H groups in total. The maximum Gasteiger partial charge on any atom is 0.243 e. The summed E-state index contributed by atoms with van der Waals surface area (Å²) in [7, 11) is -3.49. The highest BCUT2D eigenvalue weighted by atomic mass is 35.5. The van der Waals surface area contributed by atoms with E-state index in [1.807, 2.05) is 0 Å². The molecule has 0 unspecified atom stereocenters. The number of sulfonamides is 1. The summed E-state index contributed by atoms with van der Waals surface area (Å²) in [6, 6.07) is 4.47. The molecule has 5 nitrogen and oxygen atoms in total. The minimum atomic E-state index is -3.49. The van der Waals surface area contributed by atoms with Crippen molar-refractivity contribution in [2.75, 3.05) is 38.5 Å². The van der Waals surface area contributed by atoms with Crippen LogP contribution in [0.15, 0.2) is 23.1 Å². The second-order valence-electron chi connectivity index (χ2n) is 5.78. The van der Waals surface area contributed by atoms with Crippen LogP contribution in [0.3, 0.4) is 0 Å². The molecular weight excluding hydrogens is 310 g/mol. The molecule has 0 spiro atoms. The van der Waals surface area contributed by atoms with Gasteiger partial charge in [-0.1, -0.05) is 25.4 Å². The van der Waals surface area contributed by atoms with Gasteiger partial charge in [-0.3, -0.25) is 0 Å². The quantitative estimate of drug-likeness (QED) is 0.855. The minimum absolute atomic E-state index is 0.207. The molecule has 1 aromatic rings. The van der Waals surface area contributed by atoms with Gasteiger partial charge in [0.05, 0.1) is 15.6 Å². The Morgan fingerprint density at radius 2 is 1.86 bits per heavy atom. The van der Waals surface area contributed by atoms with E-state index >= 15 is 0 Å². The highest BCUT2D eigenvalue weighted by Gasteiger charge is 2.28. The number of nitrogens with two attached hydrogens (primary N) is 1. The van der Waals surface area contributed by atoms with Gasteiger partial charge in [0.25, 0.3) is 0 Å². The summed E-state index contributed by atoms with van der Waals surface area (Å²) in [5.74, 6) is 0.587. The molecule has 0 radical (unpaired) electrons. The van der Waals surface area contributed by atoms with E-state index in [1.54, 1.807) is 0 Å². The fourth-order valence-corrected chi connectivity index (χ4v) is 4.18. The van der Waals surface area contributed by atoms with E-state index in [1.165, 1.54) is 22.5 Å². The lowest BCUT2D eigenvalue weighted by Gasteiger charge is -2.34. The summed E-state index contributed by atoms with van der Waals surface area (Å²) in [5, 5.41) is 0.273. The molecule has 0 aromatic heterocycles. The first-order valence-corrected chi connectivity index (χ1v) is 8.90. The highest BCUT2D eigenvalue weighted by Crippen LogP contribution is 2.25. The summed E-state index contributed by atoms with van der Waals surface area (Å²) in [5.41, 5.74) is 6.01. The number of hydrogen-bond acceptors (Lipinski definition) is 4. The van der Waals surface area contributed by atoms with Crippen molar-refractivity contribution in [2.45, 2.75) is 18.7 Å². The Hall–Kier alpha value is -0.820. The molecule has 0 saturated carbocycles. The fourth-order valence-electron chi connectivity index (χ4n) is 2.49. The van der Waals surface area contributed by atoms with Crippen molar-refractivity contribution in [3.05, 3.63) is 23.2 Å². The molecule has 1 aliphatic heterocycles. The maximum atomic E-state index is 12.6. The number of anilines is 1. The minimum Gasteiger partial charge on any atom is -0.398 e. The molecule has 1 heterocycles. The first kappa shape index (κ1) is 16.5. The Morgan fingerprint density at radius 3 is 2.38 bits per heavy atom. The molecule has 1 saturated heterocycles. The Balaban J connectivity index is 2.09. The molecule has 0 atom stereocenters. The maximum absolute atomic E-state index is 12.6. The molecule has 0 aliphatic carbocycles. The third-order valence-electron chi connectivity index (χ3n) is 3.56. The molecule has 1 fully saturated rings. The number of nitrogens with zero attached hydrogens (tertiary/aromatic N) is 2. The lowest BCUT2D eigenvalue weighted by molar-refractivity contribution is 0.172. The largest absolute Gasteiger partial charge is 0.398 e. The summed E-state index contributed by atoms with van der Waals surface area (Å²) in [6.45, 7) is 7.88. The summed E-state index contributed by atoms with van der Waals surface area (Å²) in [4.78, 5) is 2.51. The smallest absolute Gasteiger partial charge is 0.243 e. The van der Waals surface area contributed by atoms with Crippen molar-refractivity contribution in [2.24, 2.45) is 5.92 Å². The van der Waals surface area contributed by atoms with Gasteiger partial charge < -0.3 is 10.6 Å². The molecule has 0 amide bonds. The predicted molar refractivity (Wildman–Crippen MR) is 85.9 cm³/mol. The fraction of sp³-hybridized carbons (Fsp3) is 0.571. The zero-order valence-corrected chi connectivity index (χ0v) is 14.0. The van der Waals surface area contributed by atoms with Gasteiger partial charge in [0, 0.05) is 32.7 Å². The average Bonchev–Trinajstić information content (AvgIpc) is 2.41. The lowest BCUT2D eigenvalue weighted by atomic mass is 10.2. The molecule has 118 valence electrons. The molecule has 2 rings (SSSR count). The van der Waals surface area contributed by atoms with Crippen LogP contribution in [-0.4, -0.2) is 50.3 Å². The Bertz CT molecular complexity index is 596. The van der Waals surface area contributed by atoms with Crippen LogP contribution in [0.25, 0.3) is 0 Å². The van der Waals surface area contributed by atoms with Gasteiger partial charge in [0.1, 0.15) is 0 Å². The van der Waals surface area contributed by atoms with E-state index < -0.39 is 10.0 Å². The molecule has 1 aliphatic rings. The SMILES string of the molecule is CC(C)CN1CCN(S(=O)(=O)c2ccc(N)c(Cl)c2)CC1. The highest BCUT2D eigenvalue weighted by molar-refractivity contribution is 7.89. The topological polar surface area (TPSA) is 66.6 Å².